The van der Waals surface area contributed by atoms with Crippen molar-refractivity contribution >= 4 is 28.6 Å². The summed E-state index contributed by atoms with van der Waals surface area (Å²) in [7, 11) is 0. The predicted molar refractivity (Wildman–Crippen MR) is 142 cm³/mol. The second-order valence-corrected chi connectivity index (χ2v) is 15.2. The van der Waals surface area contributed by atoms with Crippen LogP contribution < -0.4 is 0 Å². The first-order valence-electron chi connectivity index (χ1n) is 14.2. The predicted octanol–water partition coefficient (Wildman–Crippen LogP) is 9.00. The van der Waals surface area contributed by atoms with E-state index in [-0.39, 0.29) is 9.34 Å². The van der Waals surface area contributed by atoms with Gasteiger partial charge in [0.25, 0.3) is 0 Å². The summed E-state index contributed by atoms with van der Waals surface area (Å²) < 4.78 is 43.9. The van der Waals surface area contributed by atoms with Crippen LogP contribution in [0.1, 0.15) is 105 Å². The largest absolute Gasteiger partial charge is 0.490 e. The van der Waals surface area contributed by atoms with E-state index in [0.29, 0.717) is 29.6 Å². The van der Waals surface area contributed by atoms with Crippen molar-refractivity contribution in [2.75, 3.05) is 0 Å². The molecular formula is C29H46F3IO2. The highest BCUT2D eigenvalue weighted by molar-refractivity contribution is 14.1. The first kappa shape index (κ1) is 28.0. The van der Waals surface area contributed by atoms with Crippen LogP contribution >= 0.6 is 22.6 Å². The molecule has 4 saturated carbocycles. The maximum atomic E-state index is 13.0. The molecule has 0 aromatic rings. The Bertz CT molecular complexity index is 770. The quantitative estimate of drug-likeness (QED) is 0.171. The second kappa shape index (κ2) is 10.3. The lowest BCUT2D eigenvalue weighted by Gasteiger charge is -2.62. The Morgan fingerprint density at radius 1 is 1.00 bits per heavy atom. The van der Waals surface area contributed by atoms with E-state index in [0.717, 1.165) is 30.1 Å². The van der Waals surface area contributed by atoms with E-state index in [9.17, 15) is 18.0 Å². The van der Waals surface area contributed by atoms with Crippen molar-refractivity contribution in [1.29, 1.82) is 0 Å². The van der Waals surface area contributed by atoms with Gasteiger partial charge in [-0.15, -0.1) is 0 Å². The average Bonchev–Trinajstić information content (AvgIpc) is 3.11. The van der Waals surface area contributed by atoms with Gasteiger partial charge in [-0.25, -0.2) is 4.79 Å². The van der Waals surface area contributed by atoms with Gasteiger partial charge in [0.1, 0.15) is 6.10 Å². The number of fused-ring (bicyclic) bond motifs is 5. The van der Waals surface area contributed by atoms with Gasteiger partial charge < -0.3 is 4.74 Å². The van der Waals surface area contributed by atoms with Gasteiger partial charge >= 0.3 is 12.1 Å². The minimum Gasteiger partial charge on any atom is -0.455 e. The molecule has 4 fully saturated rings. The van der Waals surface area contributed by atoms with E-state index in [1.54, 1.807) is 0 Å². The van der Waals surface area contributed by atoms with Crippen molar-refractivity contribution in [1.82, 2.24) is 0 Å². The van der Waals surface area contributed by atoms with Gasteiger partial charge in [-0.2, -0.15) is 13.2 Å². The molecule has 4 aliphatic rings. The fourth-order valence-corrected chi connectivity index (χ4v) is 10.6. The molecule has 0 aromatic heterocycles. The summed E-state index contributed by atoms with van der Waals surface area (Å²) in [5.74, 6) is 2.83. The molecule has 0 spiro atoms. The Labute approximate surface area is 224 Å². The van der Waals surface area contributed by atoms with Gasteiger partial charge in [0, 0.05) is 3.92 Å². The van der Waals surface area contributed by atoms with Gasteiger partial charge in [0.15, 0.2) is 0 Å². The molecular weight excluding hydrogens is 564 g/mol. The normalized spacial score (nSPS) is 44.3. The molecule has 202 valence electrons. The van der Waals surface area contributed by atoms with Crippen LogP contribution in [0.3, 0.4) is 0 Å². The van der Waals surface area contributed by atoms with Crippen LogP contribution in [0.25, 0.3) is 0 Å². The molecule has 0 aromatic carbocycles. The van der Waals surface area contributed by atoms with E-state index >= 15 is 0 Å². The van der Waals surface area contributed by atoms with Crippen molar-refractivity contribution in [3.63, 3.8) is 0 Å². The number of carbonyl (C=O) groups excluding carboxylic acids is 1. The van der Waals surface area contributed by atoms with Crippen molar-refractivity contribution < 1.29 is 22.7 Å². The molecule has 4 rings (SSSR count). The highest BCUT2D eigenvalue weighted by atomic mass is 127. The minimum absolute atomic E-state index is 0.0244. The smallest absolute Gasteiger partial charge is 0.455 e. The van der Waals surface area contributed by atoms with E-state index in [1.165, 1.54) is 57.8 Å². The van der Waals surface area contributed by atoms with Gasteiger partial charge in [0.2, 0.25) is 0 Å². The van der Waals surface area contributed by atoms with Crippen LogP contribution in [0.5, 0.6) is 0 Å². The summed E-state index contributed by atoms with van der Waals surface area (Å²) in [5, 5.41) is 0. The van der Waals surface area contributed by atoms with Gasteiger partial charge in [-0.05, 0) is 104 Å². The number of carbonyl (C=O) groups is 1. The Balaban J connectivity index is 1.48. The Morgan fingerprint density at radius 3 is 2.34 bits per heavy atom. The number of hydrogen-bond acceptors (Lipinski definition) is 2. The fourth-order valence-electron chi connectivity index (χ4n) is 9.57. The van der Waals surface area contributed by atoms with E-state index < -0.39 is 18.2 Å². The summed E-state index contributed by atoms with van der Waals surface area (Å²) in [5.41, 5.74) is 0.383. The van der Waals surface area contributed by atoms with Crippen molar-refractivity contribution in [3.05, 3.63) is 0 Å². The second-order valence-electron chi connectivity index (χ2n) is 13.6. The third-order valence-electron chi connectivity index (χ3n) is 11.3. The number of alkyl halides is 4. The van der Waals surface area contributed by atoms with Crippen LogP contribution in [0.4, 0.5) is 13.2 Å². The summed E-state index contributed by atoms with van der Waals surface area (Å²) in [6.45, 7) is 12.0. The SMILES string of the molecule is CC(C)CCC[C@@H](C)[C@H]1CC[C@H]2[C@@H]3CC[C@H]4C[C@H](I)[C@@H](OC(=O)C(F)(F)F)C[C@]4(C)[C@H]3CC[C@]12C. The molecule has 0 saturated heterocycles. The highest BCUT2D eigenvalue weighted by Gasteiger charge is 2.62. The Morgan fingerprint density at radius 2 is 1.69 bits per heavy atom. The molecule has 0 radical (unpaired) electrons. The number of halogens is 4. The maximum Gasteiger partial charge on any atom is 0.490 e. The van der Waals surface area contributed by atoms with Gasteiger partial charge in [-0.1, -0.05) is 76.5 Å². The minimum atomic E-state index is -4.92. The maximum absolute atomic E-state index is 13.0. The zero-order chi connectivity index (χ0) is 25.8. The number of hydrogen-bond donors (Lipinski definition) is 0. The molecule has 0 bridgehead atoms. The molecule has 0 heterocycles. The average molecular weight is 611 g/mol. The molecule has 0 N–H and O–H groups in total. The third kappa shape index (κ3) is 5.30. The van der Waals surface area contributed by atoms with Crippen LogP contribution in [0.2, 0.25) is 0 Å². The summed E-state index contributed by atoms with van der Waals surface area (Å²) in [4.78, 5) is 11.7. The van der Waals surface area contributed by atoms with E-state index in [1.807, 2.05) is 0 Å². The van der Waals surface area contributed by atoms with Crippen LogP contribution in [-0.2, 0) is 9.53 Å². The zero-order valence-electron chi connectivity index (χ0n) is 22.3. The number of rotatable bonds is 6. The molecule has 0 aliphatic heterocycles. The van der Waals surface area contributed by atoms with Gasteiger partial charge in [-0.3, -0.25) is 0 Å². The Kier molecular flexibility index (Phi) is 8.23. The number of ether oxygens (including phenoxy) is 1. The van der Waals surface area contributed by atoms with Crippen molar-refractivity contribution in [2.24, 2.45) is 52.3 Å². The van der Waals surface area contributed by atoms with E-state index in [4.69, 9.17) is 4.74 Å². The molecule has 10 atom stereocenters. The summed E-state index contributed by atoms with van der Waals surface area (Å²) >= 11 is 2.23. The standard InChI is InChI=1S/C29H46F3IO2/c1-17(2)7-6-8-18(3)21-11-12-22-20-10-9-19-15-24(33)25(35-26(34)29(30,31)32)16-28(19,5)23(20)13-14-27(21,22)4/h17-25H,6-16H2,1-5H3/t18-,19+,20+,21-,22+,23+,24+,25+,27-,28+/m1/s1. The molecule has 2 nitrogen and oxygen atoms in total. The van der Waals surface area contributed by atoms with Crippen LogP contribution in [-0.4, -0.2) is 22.2 Å². The molecule has 0 unspecified atom stereocenters. The lowest BCUT2D eigenvalue weighted by molar-refractivity contribution is -0.211. The van der Waals surface area contributed by atoms with Crippen LogP contribution in [0.15, 0.2) is 0 Å². The summed E-state index contributed by atoms with van der Waals surface area (Å²) in [6.07, 6.45) is 7.45. The van der Waals surface area contributed by atoms with Crippen LogP contribution in [0, 0.1) is 52.3 Å². The Hall–Kier alpha value is -0.0100. The highest BCUT2D eigenvalue weighted by Crippen LogP contribution is 2.68. The first-order chi connectivity index (χ1) is 16.3. The van der Waals surface area contributed by atoms with Crippen molar-refractivity contribution in [2.45, 2.75) is 121 Å². The molecule has 4 aliphatic carbocycles. The van der Waals surface area contributed by atoms with Gasteiger partial charge in [0.05, 0.1) is 0 Å². The summed E-state index contributed by atoms with van der Waals surface area (Å²) in [6, 6.07) is 0. The molecule has 6 heteroatoms. The number of esters is 1. The topological polar surface area (TPSA) is 26.3 Å². The monoisotopic (exact) mass is 610 g/mol. The fraction of sp³-hybridized carbons (Fsp3) is 0.966. The lowest BCUT2D eigenvalue weighted by atomic mass is 9.44. The first-order valence-corrected chi connectivity index (χ1v) is 15.4. The molecule has 0 amide bonds. The van der Waals surface area contributed by atoms with Crippen molar-refractivity contribution in [3.8, 4) is 0 Å². The zero-order valence-corrected chi connectivity index (χ0v) is 24.5. The lowest BCUT2D eigenvalue weighted by Crippen LogP contribution is -2.56. The third-order valence-corrected chi connectivity index (χ3v) is 12.6. The molecule has 35 heavy (non-hydrogen) atoms. The van der Waals surface area contributed by atoms with E-state index in [2.05, 4.69) is 57.2 Å².